The average molecular weight is 367 g/mol. The summed E-state index contributed by atoms with van der Waals surface area (Å²) in [5.41, 5.74) is 0. The molecule has 2 aliphatic rings. The number of ether oxygens (including phenoxy) is 1. The molecule has 0 spiro atoms. The topological polar surface area (TPSA) is 74.8 Å². The molecule has 0 atom stereocenters. The Morgan fingerprint density at radius 1 is 1.00 bits per heavy atom. The zero-order valence-corrected chi connectivity index (χ0v) is 16.5. The van der Waals surface area contributed by atoms with Gasteiger partial charge in [0.25, 0.3) is 0 Å². The molecule has 2 saturated carbocycles. The average Bonchev–Trinajstić information content (AvgIpc) is 2.99. The van der Waals surface area contributed by atoms with E-state index in [0.29, 0.717) is 38.3 Å². The smallest absolute Gasteiger partial charge is 0.221 e. The van der Waals surface area contributed by atoms with Gasteiger partial charge in [0.1, 0.15) is 0 Å². The maximum Gasteiger partial charge on any atom is 0.221 e. The summed E-state index contributed by atoms with van der Waals surface area (Å²) < 4.78 is 5.98. The van der Waals surface area contributed by atoms with Crippen molar-refractivity contribution in [1.82, 2.24) is 16.0 Å². The van der Waals surface area contributed by atoms with Crippen molar-refractivity contribution in [2.75, 3.05) is 26.2 Å². The number of hydrogen-bond acceptors (Lipinski definition) is 3. The molecule has 0 aromatic rings. The molecule has 0 aromatic heterocycles. The van der Waals surface area contributed by atoms with Crippen molar-refractivity contribution in [1.29, 1.82) is 0 Å². The molecule has 1 amide bonds. The maximum atomic E-state index is 12.0. The minimum Gasteiger partial charge on any atom is -0.376 e. The van der Waals surface area contributed by atoms with Crippen LogP contribution in [0.2, 0.25) is 0 Å². The molecule has 0 unspecified atom stereocenters. The number of nitrogens with zero attached hydrogens (tertiary/aromatic N) is 1. The second-order valence-corrected chi connectivity index (χ2v) is 7.47. The van der Waals surface area contributed by atoms with Crippen molar-refractivity contribution in [2.24, 2.45) is 4.99 Å². The first kappa shape index (κ1) is 21.0. The van der Waals surface area contributed by atoms with Gasteiger partial charge < -0.3 is 20.7 Å². The van der Waals surface area contributed by atoms with Crippen LogP contribution in [-0.4, -0.2) is 50.3 Å². The van der Waals surface area contributed by atoms with Gasteiger partial charge in [0, 0.05) is 25.6 Å². The van der Waals surface area contributed by atoms with Crippen molar-refractivity contribution >= 4 is 11.9 Å². The first-order valence-electron chi connectivity index (χ1n) is 10.7. The molecule has 6 nitrogen and oxygen atoms in total. The Morgan fingerprint density at radius 2 is 1.69 bits per heavy atom. The van der Waals surface area contributed by atoms with Crippen molar-refractivity contribution in [2.45, 2.75) is 89.7 Å². The quantitative estimate of drug-likeness (QED) is 0.254. The normalized spacial score (nSPS) is 20.0. The van der Waals surface area contributed by atoms with E-state index in [1.807, 2.05) is 6.92 Å². The Morgan fingerprint density at radius 3 is 2.38 bits per heavy atom. The number of hydrogen-bond donors (Lipinski definition) is 3. The van der Waals surface area contributed by atoms with Crippen LogP contribution in [0.15, 0.2) is 4.99 Å². The van der Waals surface area contributed by atoms with E-state index in [0.717, 1.165) is 25.3 Å². The minimum atomic E-state index is 0.136. The SMILES string of the molecule is CCNC(=NCCOC1CCCCCC1)NCCC(=O)NC1CCCC1. The summed E-state index contributed by atoms with van der Waals surface area (Å²) in [5, 5.41) is 9.60. The van der Waals surface area contributed by atoms with Gasteiger partial charge in [0.2, 0.25) is 5.91 Å². The van der Waals surface area contributed by atoms with Crippen LogP contribution >= 0.6 is 0 Å². The van der Waals surface area contributed by atoms with Gasteiger partial charge in [0.15, 0.2) is 5.96 Å². The Bertz CT molecular complexity index is 414. The molecule has 0 radical (unpaired) electrons. The van der Waals surface area contributed by atoms with E-state index in [2.05, 4.69) is 20.9 Å². The largest absolute Gasteiger partial charge is 0.376 e. The highest BCUT2D eigenvalue weighted by Crippen LogP contribution is 2.19. The second kappa shape index (κ2) is 13.0. The van der Waals surface area contributed by atoms with Gasteiger partial charge in [-0.05, 0) is 32.6 Å². The van der Waals surface area contributed by atoms with Crippen LogP contribution in [0.4, 0.5) is 0 Å². The molecule has 0 aliphatic heterocycles. The zero-order valence-electron chi connectivity index (χ0n) is 16.5. The summed E-state index contributed by atoms with van der Waals surface area (Å²) in [6.07, 6.45) is 13.3. The fourth-order valence-electron chi connectivity index (χ4n) is 3.79. The van der Waals surface area contributed by atoms with E-state index in [4.69, 9.17) is 4.74 Å². The van der Waals surface area contributed by atoms with Crippen molar-refractivity contribution in [3.8, 4) is 0 Å². The summed E-state index contributed by atoms with van der Waals surface area (Å²) in [6.45, 7) is 4.78. The molecule has 2 rings (SSSR count). The van der Waals surface area contributed by atoms with Gasteiger partial charge in [-0.3, -0.25) is 9.79 Å². The lowest BCUT2D eigenvalue weighted by atomic mass is 10.1. The van der Waals surface area contributed by atoms with Crippen LogP contribution in [0.5, 0.6) is 0 Å². The van der Waals surface area contributed by atoms with Gasteiger partial charge in [-0.25, -0.2) is 0 Å². The maximum absolute atomic E-state index is 12.0. The highest BCUT2D eigenvalue weighted by Gasteiger charge is 2.16. The summed E-state index contributed by atoms with van der Waals surface area (Å²) in [4.78, 5) is 16.5. The Hall–Kier alpha value is -1.30. The van der Waals surface area contributed by atoms with Crippen molar-refractivity contribution < 1.29 is 9.53 Å². The summed E-state index contributed by atoms with van der Waals surface area (Å²) in [5.74, 6) is 0.905. The standard InChI is InChI=1S/C20H38N4O2/c1-2-21-20(22-14-13-19(25)24-17-9-7-8-10-17)23-15-16-26-18-11-5-3-4-6-12-18/h17-18H,2-16H2,1H3,(H,24,25)(H2,21,22,23). The third-order valence-electron chi connectivity index (χ3n) is 5.23. The molecule has 150 valence electrons. The first-order valence-corrected chi connectivity index (χ1v) is 10.7. The van der Waals surface area contributed by atoms with E-state index in [-0.39, 0.29) is 5.91 Å². The van der Waals surface area contributed by atoms with Crippen LogP contribution in [0.25, 0.3) is 0 Å². The fraction of sp³-hybridized carbons (Fsp3) is 0.900. The molecule has 0 aromatic carbocycles. The van der Waals surface area contributed by atoms with E-state index in [1.54, 1.807) is 0 Å². The Kier molecular flexibility index (Phi) is 10.5. The first-order chi connectivity index (χ1) is 12.8. The number of nitrogens with one attached hydrogen (secondary N) is 3. The van der Waals surface area contributed by atoms with Gasteiger partial charge in [0.05, 0.1) is 19.3 Å². The van der Waals surface area contributed by atoms with E-state index >= 15 is 0 Å². The van der Waals surface area contributed by atoms with Gasteiger partial charge in [-0.15, -0.1) is 0 Å². The number of carbonyl (C=O) groups is 1. The van der Waals surface area contributed by atoms with Crippen LogP contribution < -0.4 is 16.0 Å². The third-order valence-corrected chi connectivity index (χ3v) is 5.23. The molecule has 2 fully saturated rings. The summed E-state index contributed by atoms with van der Waals surface area (Å²) in [7, 11) is 0. The van der Waals surface area contributed by atoms with Crippen LogP contribution in [0, 0.1) is 0 Å². The van der Waals surface area contributed by atoms with Crippen molar-refractivity contribution in [3.05, 3.63) is 0 Å². The van der Waals surface area contributed by atoms with E-state index in [9.17, 15) is 4.79 Å². The molecule has 2 aliphatic carbocycles. The number of carbonyl (C=O) groups excluding carboxylic acids is 1. The van der Waals surface area contributed by atoms with Crippen LogP contribution in [0.1, 0.15) is 77.6 Å². The highest BCUT2D eigenvalue weighted by atomic mass is 16.5. The van der Waals surface area contributed by atoms with Crippen molar-refractivity contribution in [3.63, 3.8) is 0 Å². The summed E-state index contributed by atoms with van der Waals surface area (Å²) >= 11 is 0. The molecule has 0 saturated heterocycles. The monoisotopic (exact) mass is 366 g/mol. The van der Waals surface area contributed by atoms with Crippen LogP contribution in [0.3, 0.4) is 0 Å². The number of rotatable bonds is 9. The van der Waals surface area contributed by atoms with Gasteiger partial charge >= 0.3 is 0 Å². The molecule has 0 bridgehead atoms. The lowest BCUT2D eigenvalue weighted by Gasteiger charge is -2.15. The molecule has 3 N–H and O–H groups in total. The van der Waals surface area contributed by atoms with Gasteiger partial charge in [-0.2, -0.15) is 0 Å². The zero-order chi connectivity index (χ0) is 18.5. The molecular weight excluding hydrogens is 328 g/mol. The minimum absolute atomic E-state index is 0.136. The van der Waals surface area contributed by atoms with E-state index in [1.165, 1.54) is 51.4 Å². The predicted octanol–water partition coefficient (Wildman–Crippen LogP) is 2.73. The molecule has 0 heterocycles. The molecule has 26 heavy (non-hydrogen) atoms. The van der Waals surface area contributed by atoms with Gasteiger partial charge in [-0.1, -0.05) is 38.5 Å². The lowest BCUT2D eigenvalue weighted by molar-refractivity contribution is -0.121. The fourth-order valence-corrected chi connectivity index (χ4v) is 3.79. The third kappa shape index (κ3) is 8.88. The lowest BCUT2D eigenvalue weighted by Crippen LogP contribution is -2.40. The van der Waals surface area contributed by atoms with Crippen LogP contribution in [-0.2, 0) is 9.53 Å². The molecular formula is C20H38N4O2. The summed E-state index contributed by atoms with van der Waals surface area (Å²) in [6, 6.07) is 0.394. The number of aliphatic imine (C=N–C) groups is 1. The highest BCUT2D eigenvalue weighted by molar-refractivity contribution is 5.81. The second-order valence-electron chi connectivity index (χ2n) is 7.47. The Labute approximate surface area is 158 Å². The Balaban J connectivity index is 1.59. The predicted molar refractivity (Wildman–Crippen MR) is 106 cm³/mol. The van der Waals surface area contributed by atoms with E-state index < -0.39 is 0 Å². The molecule has 6 heteroatoms. The number of guanidine groups is 1. The number of amides is 1.